The van der Waals surface area contributed by atoms with E-state index in [1.54, 1.807) is 0 Å². The summed E-state index contributed by atoms with van der Waals surface area (Å²) in [5.74, 6) is -0.443. The van der Waals surface area contributed by atoms with E-state index in [0.29, 0.717) is 5.69 Å². The van der Waals surface area contributed by atoms with Gasteiger partial charge in [0.25, 0.3) is 10.0 Å². The van der Waals surface area contributed by atoms with Gasteiger partial charge in [0.15, 0.2) is 0 Å². The van der Waals surface area contributed by atoms with Gasteiger partial charge in [-0.05, 0) is 52.9 Å². The Morgan fingerprint density at radius 1 is 0.571 bits per heavy atom. The second kappa shape index (κ2) is 18.4. The third-order valence-electron chi connectivity index (χ3n) is 7.88. The van der Waals surface area contributed by atoms with Crippen LogP contribution in [0.2, 0.25) is 0 Å². The van der Waals surface area contributed by atoms with Gasteiger partial charge in [0, 0.05) is 12.1 Å². The van der Waals surface area contributed by atoms with Crippen LogP contribution in [0.25, 0.3) is 22.3 Å². The van der Waals surface area contributed by atoms with Crippen molar-refractivity contribution in [3.63, 3.8) is 0 Å². The fourth-order valence-electron chi connectivity index (χ4n) is 5.41. The van der Waals surface area contributed by atoms with Crippen LogP contribution in [0.5, 0.6) is 0 Å². The predicted molar refractivity (Wildman–Crippen MR) is 177 cm³/mol. The summed E-state index contributed by atoms with van der Waals surface area (Å²) in [6.45, 7) is 2.26. The molecule has 3 N–H and O–H groups in total. The highest BCUT2D eigenvalue weighted by atomic mass is 32.2. The second-order valence-corrected chi connectivity index (χ2v) is 13.1. The summed E-state index contributed by atoms with van der Waals surface area (Å²) >= 11 is 0. The standard InChI is InChI=1S/C24H42N2O3S.C12H8/c1-2-3-4-5-6-7-8-9-10-11-12-13-14-15-16-17-24(27)26-30(28,29)23-20-18-22(25)19-21-23;1-2-6-10-9(5-1)11-7-3-4-8-12(10)11/h18-21H,2-17,25H2,1H3,(H,26,27);1-8H. The van der Waals surface area contributed by atoms with Crippen molar-refractivity contribution in [2.24, 2.45) is 0 Å². The molecule has 0 fully saturated rings. The molecule has 0 radical (unpaired) electrons. The number of fused-ring (bicyclic) bond motifs is 4. The van der Waals surface area contributed by atoms with E-state index in [1.807, 2.05) is 0 Å². The van der Waals surface area contributed by atoms with Crippen LogP contribution in [-0.2, 0) is 14.8 Å². The second-order valence-electron chi connectivity index (χ2n) is 11.4. The minimum absolute atomic E-state index is 0.0570. The third-order valence-corrected chi connectivity index (χ3v) is 9.27. The minimum Gasteiger partial charge on any atom is -0.399 e. The molecule has 3 aromatic carbocycles. The Bertz CT molecular complexity index is 1220. The van der Waals surface area contributed by atoms with E-state index in [2.05, 4.69) is 60.2 Å². The molecular weight excluding hydrogens is 540 g/mol. The summed E-state index contributed by atoms with van der Waals surface area (Å²) in [6, 6.07) is 22.9. The van der Waals surface area contributed by atoms with Gasteiger partial charge in [-0.2, -0.15) is 0 Å². The number of hydrogen-bond donors (Lipinski definition) is 2. The molecule has 0 atom stereocenters. The third kappa shape index (κ3) is 11.3. The first-order valence-electron chi connectivity index (χ1n) is 16.0. The van der Waals surface area contributed by atoms with E-state index in [1.165, 1.54) is 124 Å². The number of rotatable bonds is 18. The number of nitrogens with one attached hydrogen (secondary N) is 1. The van der Waals surface area contributed by atoms with E-state index in [0.717, 1.165) is 19.3 Å². The monoisotopic (exact) mass is 590 g/mol. The number of hydrogen-bond acceptors (Lipinski definition) is 4. The lowest BCUT2D eigenvalue weighted by atomic mass is 9.81. The molecule has 1 aliphatic rings. The molecule has 42 heavy (non-hydrogen) atoms. The number of sulfonamides is 1. The number of amides is 1. The Morgan fingerprint density at radius 3 is 1.31 bits per heavy atom. The first-order valence-corrected chi connectivity index (χ1v) is 17.5. The molecule has 0 aromatic heterocycles. The average molecular weight is 591 g/mol. The molecule has 5 nitrogen and oxygen atoms in total. The maximum Gasteiger partial charge on any atom is 0.264 e. The van der Waals surface area contributed by atoms with Crippen LogP contribution in [-0.4, -0.2) is 14.3 Å². The summed E-state index contributed by atoms with van der Waals surface area (Å²) in [7, 11) is -3.80. The number of carbonyl (C=O) groups excluding carboxylic acids is 1. The van der Waals surface area contributed by atoms with Gasteiger partial charge in [-0.25, -0.2) is 13.1 Å². The van der Waals surface area contributed by atoms with Gasteiger partial charge < -0.3 is 5.73 Å². The molecule has 0 saturated carbocycles. The van der Waals surface area contributed by atoms with Crippen molar-refractivity contribution in [1.82, 2.24) is 4.72 Å². The number of anilines is 1. The van der Waals surface area contributed by atoms with Crippen molar-refractivity contribution in [2.75, 3.05) is 5.73 Å². The van der Waals surface area contributed by atoms with E-state index in [4.69, 9.17) is 5.73 Å². The Morgan fingerprint density at radius 2 is 0.929 bits per heavy atom. The van der Waals surface area contributed by atoms with Crippen molar-refractivity contribution < 1.29 is 13.2 Å². The van der Waals surface area contributed by atoms with Gasteiger partial charge in [0.2, 0.25) is 5.91 Å². The van der Waals surface area contributed by atoms with Gasteiger partial charge in [-0.3, -0.25) is 4.79 Å². The predicted octanol–water partition coefficient (Wildman–Crippen LogP) is 9.67. The van der Waals surface area contributed by atoms with Crippen LogP contribution in [0.3, 0.4) is 0 Å². The molecule has 1 aliphatic carbocycles. The van der Waals surface area contributed by atoms with Crippen molar-refractivity contribution in [3.8, 4) is 22.3 Å². The Balaban J connectivity index is 0.000000326. The molecule has 6 heteroatoms. The van der Waals surface area contributed by atoms with Gasteiger partial charge in [0.1, 0.15) is 0 Å². The summed E-state index contributed by atoms with van der Waals surface area (Å²) in [5.41, 5.74) is 11.6. The van der Waals surface area contributed by atoms with Crippen LogP contribution in [0.1, 0.15) is 110 Å². The summed E-state index contributed by atoms with van der Waals surface area (Å²) in [5, 5.41) is 0. The maximum atomic E-state index is 12.1. The Labute approximate surface area is 254 Å². The van der Waals surface area contributed by atoms with Crippen LogP contribution < -0.4 is 10.5 Å². The first-order chi connectivity index (χ1) is 20.4. The van der Waals surface area contributed by atoms with Gasteiger partial charge in [0.05, 0.1) is 4.90 Å². The molecule has 3 aromatic rings. The maximum absolute atomic E-state index is 12.1. The summed E-state index contributed by atoms with van der Waals surface area (Å²) in [4.78, 5) is 12.0. The molecule has 0 aliphatic heterocycles. The lowest BCUT2D eigenvalue weighted by Crippen LogP contribution is -2.30. The van der Waals surface area contributed by atoms with E-state index in [9.17, 15) is 13.2 Å². The highest BCUT2D eigenvalue weighted by Crippen LogP contribution is 2.46. The molecular formula is C36H50N2O3S. The van der Waals surface area contributed by atoms with Crippen LogP contribution in [0, 0.1) is 0 Å². The highest BCUT2D eigenvalue weighted by molar-refractivity contribution is 7.90. The number of benzene rings is 3. The quantitative estimate of drug-likeness (QED) is 0.0892. The fraction of sp³-hybridized carbons (Fsp3) is 0.472. The topological polar surface area (TPSA) is 89.3 Å². The van der Waals surface area contributed by atoms with Crippen LogP contribution in [0.4, 0.5) is 5.69 Å². The lowest BCUT2D eigenvalue weighted by Gasteiger charge is -2.22. The van der Waals surface area contributed by atoms with E-state index in [-0.39, 0.29) is 11.3 Å². The average Bonchev–Trinajstić information content (AvgIpc) is 2.98. The van der Waals surface area contributed by atoms with Gasteiger partial charge in [-0.15, -0.1) is 0 Å². The van der Waals surface area contributed by atoms with Crippen molar-refractivity contribution in [2.45, 2.75) is 115 Å². The van der Waals surface area contributed by atoms with E-state index < -0.39 is 15.9 Å². The molecule has 0 spiro atoms. The lowest BCUT2D eigenvalue weighted by molar-refractivity contribution is -0.119. The molecule has 0 bridgehead atoms. The van der Waals surface area contributed by atoms with Gasteiger partial charge in [-0.1, -0.05) is 145 Å². The van der Waals surface area contributed by atoms with Crippen LogP contribution >= 0.6 is 0 Å². The Hall–Kier alpha value is -3.12. The number of nitrogen functional groups attached to an aromatic ring is 1. The van der Waals surface area contributed by atoms with Gasteiger partial charge >= 0.3 is 0 Å². The molecule has 0 heterocycles. The molecule has 4 rings (SSSR count). The SMILES string of the molecule is CCCCCCCCCCCCCCCCCC(=O)NS(=O)(=O)c1ccc(N)cc1.c1ccc2c(c1)-c1ccccc1-2. The van der Waals surface area contributed by atoms with Crippen LogP contribution in [0.15, 0.2) is 77.7 Å². The largest absolute Gasteiger partial charge is 0.399 e. The van der Waals surface area contributed by atoms with Crippen molar-refractivity contribution in [3.05, 3.63) is 72.8 Å². The first kappa shape index (κ1) is 33.4. The molecule has 0 saturated heterocycles. The van der Waals surface area contributed by atoms with E-state index >= 15 is 0 Å². The smallest absolute Gasteiger partial charge is 0.264 e. The Kier molecular flexibility index (Phi) is 14.6. The fourth-order valence-corrected chi connectivity index (χ4v) is 6.42. The highest BCUT2D eigenvalue weighted by Gasteiger charge is 2.19. The van der Waals surface area contributed by atoms with Crippen molar-refractivity contribution in [1.29, 1.82) is 0 Å². The number of nitrogens with two attached hydrogens (primary N) is 1. The van der Waals surface area contributed by atoms with Crippen molar-refractivity contribution >= 4 is 21.6 Å². The molecule has 0 unspecified atom stereocenters. The zero-order valence-corrected chi connectivity index (χ0v) is 26.3. The number of unbranched alkanes of at least 4 members (excludes halogenated alkanes) is 14. The minimum atomic E-state index is -3.80. The number of carbonyl (C=O) groups is 1. The molecule has 1 amide bonds. The normalized spacial score (nSPS) is 11.5. The zero-order valence-electron chi connectivity index (χ0n) is 25.5. The summed E-state index contributed by atoms with van der Waals surface area (Å²) in [6.07, 6.45) is 19.2. The summed E-state index contributed by atoms with van der Waals surface area (Å²) < 4.78 is 26.4. The zero-order chi connectivity index (χ0) is 30.0. The molecule has 228 valence electrons.